The predicted molar refractivity (Wildman–Crippen MR) is 79.5 cm³/mol. The number of amides is 1. The number of rotatable bonds is 3. The third kappa shape index (κ3) is 3.45. The van der Waals surface area contributed by atoms with Gasteiger partial charge in [-0.05, 0) is 43.2 Å². The maximum Gasteiger partial charge on any atom is 0.274 e. The molecule has 3 N–H and O–H groups in total. The highest BCUT2D eigenvalue weighted by Gasteiger charge is 2.14. The Morgan fingerprint density at radius 1 is 1.19 bits per heavy atom. The van der Waals surface area contributed by atoms with Crippen molar-refractivity contribution in [2.24, 2.45) is 5.14 Å². The minimum Gasteiger partial charge on any atom is -0.320 e. The Hall–Kier alpha value is -2.25. The molecule has 2 aromatic rings. The Kier molecular flexibility index (Phi) is 4.06. The molecule has 21 heavy (non-hydrogen) atoms. The van der Waals surface area contributed by atoms with Gasteiger partial charge in [0, 0.05) is 11.9 Å². The number of carbonyl (C=O) groups is 1. The van der Waals surface area contributed by atoms with E-state index in [1.807, 2.05) is 0 Å². The average molecular weight is 305 g/mol. The van der Waals surface area contributed by atoms with Crippen LogP contribution in [0, 0.1) is 13.8 Å². The van der Waals surface area contributed by atoms with Crippen molar-refractivity contribution in [1.82, 2.24) is 4.98 Å². The molecule has 0 aliphatic carbocycles. The molecule has 0 fully saturated rings. The molecule has 0 bridgehead atoms. The van der Waals surface area contributed by atoms with Gasteiger partial charge in [0.1, 0.15) is 5.69 Å². The summed E-state index contributed by atoms with van der Waals surface area (Å²) in [5.41, 5.74) is 2.13. The molecule has 0 spiro atoms. The Bertz CT molecular complexity index is 801. The Labute approximate surface area is 123 Å². The quantitative estimate of drug-likeness (QED) is 0.899. The molecule has 1 heterocycles. The van der Waals surface area contributed by atoms with Crippen LogP contribution in [0.3, 0.4) is 0 Å². The molecule has 0 saturated heterocycles. The molecule has 1 amide bonds. The van der Waals surface area contributed by atoms with E-state index < -0.39 is 15.9 Å². The number of aryl methyl sites for hydroxylation is 2. The summed E-state index contributed by atoms with van der Waals surface area (Å²) < 4.78 is 22.7. The molecule has 0 unspecified atom stereocenters. The van der Waals surface area contributed by atoms with Crippen molar-refractivity contribution in [1.29, 1.82) is 0 Å². The number of carbonyl (C=O) groups excluding carboxylic acids is 1. The summed E-state index contributed by atoms with van der Waals surface area (Å²) in [7, 11) is -3.82. The highest BCUT2D eigenvalue weighted by atomic mass is 32.2. The monoisotopic (exact) mass is 305 g/mol. The van der Waals surface area contributed by atoms with E-state index in [2.05, 4.69) is 10.3 Å². The van der Waals surface area contributed by atoms with Crippen molar-refractivity contribution in [3.63, 3.8) is 0 Å². The van der Waals surface area contributed by atoms with Crippen LogP contribution in [0.25, 0.3) is 0 Å². The first-order chi connectivity index (χ1) is 9.79. The molecule has 1 aromatic carbocycles. The second-order valence-corrected chi connectivity index (χ2v) is 6.21. The van der Waals surface area contributed by atoms with Crippen molar-refractivity contribution in [2.75, 3.05) is 5.32 Å². The van der Waals surface area contributed by atoms with E-state index in [4.69, 9.17) is 5.14 Å². The molecule has 7 heteroatoms. The zero-order valence-corrected chi connectivity index (χ0v) is 12.4. The van der Waals surface area contributed by atoms with Crippen LogP contribution >= 0.6 is 0 Å². The van der Waals surface area contributed by atoms with Gasteiger partial charge in [-0.3, -0.25) is 9.78 Å². The fraction of sp³-hybridized carbons (Fsp3) is 0.143. The fourth-order valence-electron chi connectivity index (χ4n) is 1.82. The highest BCUT2D eigenvalue weighted by molar-refractivity contribution is 7.89. The van der Waals surface area contributed by atoms with Crippen molar-refractivity contribution in [3.8, 4) is 0 Å². The number of nitrogens with two attached hydrogens (primary N) is 1. The van der Waals surface area contributed by atoms with Crippen LogP contribution in [-0.4, -0.2) is 19.3 Å². The summed E-state index contributed by atoms with van der Waals surface area (Å²) in [5, 5.41) is 7.75. The van der Waals surface area contributed by atoms with Gasteiger partial charge in [-0.2, -0.15) is 0 Å². The van der Waals surface area contributed by atoms with Crippen molar-refractivity contribution in [2.45, 2.75) is 18.7 Å². The van der Waals surface area contributed by atoms with E-state index >= 15 is 0 Å². The zero-order chi connectivity index (χ0) is 15.6. The highest BCUT2D eigenvalue weighted by Crippen LogP contribution is 2.20. The number of benzene rings is 1. The predicted octanol–water partition coefficient (Wildman–Crippen LogP) is 1.60. The van der Waals surface area contributed by atoms with Gasteiger partial charge in [-0.25, -0.2) is 13.6 Å². The first-order valence-corrected chi connectivity index (χ1v) is 7.70. The number of pyridine rings is 1. The lowest BCUT2D eigenvalue weighted by molar-refractivity contribution is 0.102. The summed E-state index contributed by atoms with van der Waals surface area (Å²) in [6.45, 7) is 3.53. The molecule has 2 rings (SSSR count). The maximum atomic E-state index is 12.2. The minimum atomic E-state index is -3.82. The van der Waals surface area contributed by atoms with Crippen LogP contribution in [0.1, 0.15) is 21.6 Å². The SMILES string of the molecule is Cc1ccc(S(N)(=O)=O)cc1NC(=O)c1ncccc1C. The standard InChI is InChI=1S/C14H15N3O3S/c1-9-5-6-11(21(15,19)20)8-12(9)17-14(18)13-10(2)4-3-7-16-13/h3-8H,1-2H3,(H,17,18)(H2,15,19,20). The molecule has 1 aromatic heterocycles. The minimum absolute atomic E-state index is 0.0545. The summed E-state index contributed by atoms with van der Waals surface area (Å²) in [4.78, 5) is 16.2. The number of aromatic nitrogens is 1. The summed E-state index contributed by atoms with van der Waals surface area (Å²) in [6, 6.07) is 7.82. The third-order valence-corrected chi connectivity index (χ3v) is 3.92. The number of primary sulfonamides is 1. The molecule has 0 saturated carbocycles. The second-order valence-electron chi connectivity index (χ2n) is 4.64. The fourth-order valence-corrected chi connectivity index (χ4v) is 2.36. The molecule has 110 valence electrons. The van der Waals surface area contributed by atoms with Gasteiger partial charge in [0.15, 0.2) is 0 Å². The number of sulfonamides is 1. The Balaban J connectivity index is 2.36. The summed E-state index contributed by atoms with van der Waals surface area (Å²) >= 11 is 0. The lowest BCUT2D eigenvalue weighted by atomic mass is 10.1. The van der Waals surface area contributed by atoms with Gasteiger partial charge in [-0.15, -0.1) is 0 Å². The molecule has 0 atom stereocenters. The van der Waals surface area contributed by atoms with E-state index in [0.29, 0.717) is 5.69 Å². The van der Waals surface area contributed by atoms with Gasteiger partial charge in [0.05, 0.1) is 4.90 Å². The Morgan fingerprint density at radius 2 is 1.90 bits per heavy atom. The normalized spacial score (nSPS) is 11.2. The first-order valence-electron chi connectivity index (χ1n) is 6.15. The van der Waals surface area contributed by atoms with Crippen LogP contribution in [0.4, 0.5) is 5.69 Å². The number of nitrogens with zero attached hydrogens (tertiary/aromatic N) is 1. The smallest absolute Gasteiger partial charge is 0.274 e. The molecular weight excluding hydrogens is 290 g/mol. The number of hydrogen-bond donors (Lipinski definition) is 2. The molecule has 0 radical (unpaired) electrons. The summed E-state index contributed by atoms with van der Waals surface area (Å²) in [6.07, 6.45) is 1.52. The van der Waals surface area contributed by atoms with Crippen molar-refractivity contribution >= 4 is 21.6 Å². The van der Waals surface area contributed by atoms with Crippen LogP contribution in [0.2, 0.25) is 0 Å². The van der Waals surface area contributed by atoms with Gasteiger partial charge in [0.25, 0.3) is 5.91 Å². The largest absolute Gasteiger partial charge is 0.320 e. The zero-order valence-electron chi connectivity index (χ0n) is 11.6. The van der Waals surface area contributed by atoms with E-state index in [1.54, 1.807) is 32.0 Å². The number of nitrogens with one attached hydrogen (secondary N) is 1. The molecule has 6 nitrogen and oxygen atoms in total. The van der Waals surface area contributed by atoms with Gasteiger partial charge in [-0.1, -0.05) is 12.1 Å². The Morgan fingerprint density at radius 3 is 2.52 bits per heavy atom. The van der Waals surface area contributed by atoms with Gasteiger partial charge in [0.2, 0.25) is 10.0 Å². The first kappa shape index (κ1) is 15.1. The number of hydrogen-bond acceptors (Lipinski definition) is 4. The third-order valence-electron chi connectivity index (χ3n) is 3.01. The van der Waals surface area contributed by atoms with E-state index in [9.17, 15) is 13.2 Å². The lowest BCUT2D eigenvalue weighted by Gasteiger charge is -2.10. The van der Waals surface area contributed by atoms with Crippen LogP contribution in [0.5, 0.6) is 0 Å². The van der Waals surface area contributed by atoms with Crippen LogP contribution < -0.4 is 10.5 Å². The lowest BCUT2D eigenvalue weighted by Crippen LogP contribution is -2.17. The van der Waals surface area contributed by atoms with Crippen molar-refractivity contribution in [3.05, 3.63) is 53.3 Å². The van der Waals surface area contributed by atoms with Crippen molar-refractivity contribution < 1.29 is 13.2 Å². The number of anilines is 1. The topological polar surface area (TPSA) is 102 Å². The maximum absolute atomic E-state index is 12.2. The molecular formula is C14H15N3O3S. The second kappa shape index (κ2) is 5.63. The van der Waals surface area contributed by atoms with E-state index in [0.717, 1.165) is 11.1 Å². The van der Waals surface area contributed by atoms with Gasteiger partial charge < -0.3 is 5.32 Å². The van der Waals surface area contributed by atoms with E-state index in [1.165, 1.54) is 18.3 Å². The molecule has 0 aliphatic heterocycles. The summed E-state index contributed by atoms with van der Waals surface area (Å²) in [5.74, 6) is -0.400. The van der Waals surface area contributed by atoms with Gasteiger partial charge >= 0.3 is 0 Å². The average Bonchev–Trinajstić information content (AvgIpc) is 2.40. The van der Waals surface area contributed by atoms with E-state index in [-0.39, 0.29) is 10.6 Å². The molecule has 0 aliphatic rings. The van der Waals surface area contributed by atoms with Crippen LogP contribution in [0.15, 0.2) is 41.4 Å². The van der Waals surface area contributed by atoms with Crippen LogP contribution in [-0.2, 0) is 10.0 Å².